The molecule has 6 heteroatoms. The molecule has 17 heavy (non-hydrogen) atoms. The first kappa shape index (κ1) is 12.4. The lowest BCUT2D eigenvalue weighted by Crippen LogP contribution is -2.02. The van der Waals surface area contributed by atoms with E-state index in [2.05, 4.69) is 5.10 Å². The lowest BCUT2D eigenvalue weighted by molar-refractivity contribution is 0.547. The van der Waals surface area contributed by atoms with E-state index >= 15 is 0 Å². The van der Waals surface area contributed by atoms with E-state index in [4.69, 9.17) is 10.7 Å². The first-order valence-corrected chi connectivity index (χ1v) is 7.55. The minimum Gasteiger partial charge on any atom is -0.262 e. The summed E-state index contributed by atoms with van der Waals surface area (Å²) in [5.74, 6) is 0. The molecule has 1 aromatic heterocycles. The van der Waals surface area contributed by atoms with E-state index in [0.717, 1.165) is 16.6 Å². The molecule has 1 heterocycles. The number of halogens is 1. The number of rotatable bonds is 2. The smallest absolute Gasteiger partial charge is 0.261 e. The second-order valence-electron chi connectivity index (χ2n) is 4.24. The third kappa shape index (κ3) is 2.17. The van der Waals surface area contributed by atoms with Gasteiger partial charge in [-0.25, -0.2) is 8.42 Å². The first-order valence-electron chi connectivity index (χ1n) is 5.24. The van der Waals surface area contributed by atoms with Crippen molar-refractivity contribution >= 4 is 30.6 Å². The minimum atomic E-state index is -3.69. The van der Waals surface area contributed by atoms with Crippen LogP contribution in [0.4, 0.5) is 0 Å². The number of hydrogen-bond acceptors (Lipinski definition) is 3. The summed E-state index contributed by atoms with van der Waals surface area (Å²) < 4.78 is 24.4. The summed E-state index contributed by atoms with van der Waals surface area (Å²) in [4.78, 5) is 0.109. The monoisotopic (exact) mass is 272 g/mol. The summed E-state index contributed by atoms with van der Waals surface area (Å²) in [6, 6.07) is 5.04. The molecule has 4 nitrogen and oxygen atoms in total. The van der Waals surface area contributed by atoms with Crippen LogP contribution in [-0.2, 0) is 9.05 Å². The highest BCUT2D eigenvalue weighted by Crippen LogP contribution is 2.25. The standard InChI is InChI=1S/C11H13ClN2O2S/c1-7(2)14-11-5-4-9(17(12,15)16)6-10(11)8(3)13-14/h4-7H,1-3H3. The molecule has 0 bridgehead atoms. The Balaban J connectivity index is 2.76. The predicted molar refractivity (Wildman–Crippen MR) is 67.9 cm³/mol. The first-order chi connectivity index (χ1) is 7.80. The zero-order valence-electron chi connectivity index (χ0n) is 9.81. The van der Waals surface area contributed by atoms with E-state index in [-0.39, 0.29) is 10.9 Å². The van der Waals surface area contributed by atoms with Gasteiger partial charge < -0.3 is 0 Å². The number of nitrogens with zero attached hydrogens (tertiary/aromatic N) is 2. The van der Waals surface area contributed by atoms with Gasteiger partial charge in [-0.3, -0.25) is 4.68 Å². The van der Waals surface area contributed by atoms with Gasteiger partial charge in [-0.2, -0.15) is 5.10 Å². The molecule has 0 aliphatic heterocycles. The molecule has 2 rings (SSSR count). The Hall–Kier alpha value is -1.07. The van der Waals surface area contributed by atoms with Crippen molar-refractivity contribution in [3.8, 4) is 0 Å². The molecule has 0 saturated carbocycles. The van der Waals surface area contributed by atoms with Gasteiger partial charge in [0.1, 0.15) is 0 Å². The van der Waals surface area contributed by atoms with Gasteiger partial charge in [-0.15, -0.1) is 0 Å². The second-order valence-corrected chi connectivity index (χ2v) is 6.81. The Kier molecular flexibility index (Phi) is 2.91. The molecule has 0 unspecified atom stereocenters. The number of fused-ring (bicyclic) bond motifs is 1. The summed E-state index contributed by atoms with van der Waals surface area (Å²) in [5, 5.41) is 5.21. The van der Waals surface area contributed by atoms with Gasteiger partial charge >= 0.3 is 0 Å². The molecule has 1 aromatic carbocycles. The molecule has 0 spiro atoms. The lowest BCUT2D eigenvalue weighted by atomic mass is 10.2. The van der Waals surface area contributed by atoms with Crippen LogP contribution >= 0.6 is 10.7 Å². The SMILES string of the molecule is Cc1nn(C(C)C)c2ccc(S(=O)(=O)Cl)cc12. The zero-order chi connectivity index (χ0) is 12.8. The van der Waals surface area contributed by atoms with Crippen molar-refractivity contribution in [2.24, 2.45) is 0 Å². The van der Waals surface area contributed by atoms with E-state index in [1.807, 2.05) is 25.5 Å². The Labute approximate surface area is 105 Å². The Morgan fingerprint density at radius 3 is 2.53 bits per heavy atom. The Bertz CT molecular complexity index is 674. The van der Waals surface area contributed by atoms with E-state index in [0.29, 0.717) is 0 Å². The fraction of sp³-hybridized carbons (Fsp3) is 0.364. The lowest BCUT2D eigenvalue weighted by Gasteiger charge is -2.06. The van der Waals surface area contributed by atoms with E-state index < -0.39 is 9.05 Å². The van der Waals surface area contributed by atoms with Gasteiger partial charge in [0.25, 0.3) is 9.05 Å². The molecule has 92 valence electrons. The molecule has 0 N–H and O–H groups in total. The van der Waals surface area contributed by atoms with Gasteiger partial charge in [-0.1, -0.05) is 0 Å². The quantitative estimate of drug-likeness (QED) is 0.790. The van der Waals surface area contributed by atoms with Crippen molar-refractivity contribution in [1.82, 2.24) is 9.78 Å². The Morgan fingerprint density at radius 2 is 2.00 bits per heavy atom. The molecule has 0 atom stereocenters. The molecule has 2 aromatic rings. The van der Waals surface area contributed by atoms with Crippen LogP contribution in [0.5, 0.6) is 0 Å². The topological polar surface area (TPSA) is 52.0 Å². The third-order valence-electron chi connectivity index (χ3n) is 2.63. The van der Waals surface area contributed by atoms with Crippen LogP contribution in [0.25, 0.3) is 10.9 Å². The maximum Gasteiger partial charge on any atom is 0.261 e. The van der Waals surface area contributed by atoms with Crippen molar-refractivity contribution in [2.45, 2.75) is 31.7 Å². The van der Waals surface area contributed by atoms with Crippen LogP contribution in [0.2, 0.25) is 0 Å². The molecule has 0 radical (unpaired) electrons. The fourth-order valence-electron chi connectivity index (χ4n) is 1.82. The highest BCUT2D eigenvalue weighted by Gasteiger charge is 2.15. The van der Waals surface area contributed by atoms with Gasteiger partial charge in [0.05, 0.1) is 16.1 Å². The van der Waals surface area contributed by atoms with E-state index in [9.17, 15) is 8.42 Å². The fourth-order valence-corrected chi connectivity index (χ4v) is 2.60. The van der Waals surface area contributed by atoms with Crippen molar-refractivity contribution in [1.29, 1.82) is 0 Å². The number of aryl methyl sites for hydroxylation is 1. The van der Waals surface area contributed by atoms with E-state index in [1.165, 1.54) is 6.07 Å². The van der Waals surface area contributed by atoms with Crippen molar-refractivity contribution < 1.29 is 8.42 Å². The van der Waals surface area contributed by atoms with Gasteiger partial charge in [0.2, 0.25) is 0 Å². The highest BCUT2D eigenvalue weighted by atomic mass is 35.7. The van der Waals surface area contributed by atoms with Crippen LogP contribution < -0.4 is 0 Å². The predicted octanol–water partition coefficient (Wildman–Crippen LogP) is 2.85. The largest absolute Gasteiger partial charge is 0.262 e. The van der Waals surface area contributed by atoms with Crippen molar-refractivity contribution in [3.05, 3.63) is 23.9 Å². The molecular weight excluding hydrogens is 260 g/mol. The van der Waals surface area contributed by atoms with Crippen molar-refractivity contribution in [2.75, 3.05) is 0 Å². The number of hydrogen-bond donors (Lipinski definition) is 0. The molecular formula is C11H13ClN2O2S. The Morgan fingerprint density at radius 1 is 1.35 bits per heavy atom. The van der Waals surface area contributed by atoms with Gasteiger partial charge in [-0.05, 0) is 39.0 Å². The average Bonchev–Trinajstić information content (AvgIpc) is 2.55. The third-order valence-corrected chi connectivity index (χ3v) is 3.98. The number of benzene rings is 1. The average molecular weight is 273 g/mol. The molecule has 0 aliphatic carbocycles. The highest BCUT2D eigenvalue weighted by molar-refractivity contribution is 8.13. The minimum absolute atomic E-state index is 0.109. The van der Waals surface area contributed by atoms with E-state index in [1.54, 1.807) is 12.1 Å². The molecule has 0 fully saturated rings. The normalized spacial score (nSPS) is 12.5. The molecule has 0 saturated heterocycles. The molecule has 0 amide bonds. The number of aromatic nitrogens is 2. The summed E-state index contributed by atoms with van der Waals surface area (Å²) in [6.45, 7) is 5.90. The van der Waals surface area contributed by atoms with Crippen LogP contribution in [0.15, 0.2) is 23.1 Å². The van der Waals surface area contributed by atoms with Gasteiger partial charge in [0.15, 0.2) is 0 Å². The molecule has 0 aliphatic rings. The van der Waals surface area contributed by atoms with Crippen molar-refractivity contribution in [3.63, 3.8) is 0 Å². The maximum atomic E-state index is 11.3. The second kappa shape index (κ2) is 3.99. The zero-order valence-corrected chi connectivity index (χ0v) is 11.4. The summed E-state index contributed by atoms with van der Waals surface area (Å²) >= 11 is 0. The van der Waals surface area contributed by atoms with Crippen LogP contribution in [0.1, 0.15) is 25.6 Å². The van der Waals surface area contributed by atoms with Gasteiger partial charge in [0, 0.05) is 22.1 Å². The van der Waals surface area contributed by atoms with Crippen LogP contribution in [0.3, 0.4) is 0 Å². The summed E-state index contributed by atoms with van der Waals surface area (Å²) in [5.41, 5.74) is 1.72. The van der Waals surface area contributed by atoms with Crippen LogP contribution in [-0.4, -0.2) is 18.2 Å². The summed E-state index contributed by atoms with van der Waals surface area (Å²) in [6.07, 6.45) is 0. The van der Waals surface area contributed by atoms with Crippen LogP contribution in [0, 0.1) is 6.92 Å². The maximum absolute atomic E-state index is 11.3. The summed E-state index contributed by atoms with van der Waals surface area (Å²) in [7, 11) is 1.64.